The number of aryl methyl sites for hydroxylation is 1. The van der Waals surface area contributed by atoms with Crippen LogP contribution in [-0.2, 0) is 6.42 Å². The number of fused-ring (bicyclic) bond motifs is 5. The molecule has 1 aromatic carbocycles. The van der Waals surface area contributed by atoms with E-state index >= 15 is 0 Å². The maximum Gasteiger partial charge on any atom is 0.115 e. The summed E-state index contributed by atoms with van der Waals surface area (Å²) in [5.74, 6) is 1.72. The van der Waals surface area contributed by atoms with Gasteiger partial charge in [-0.2, -0.15) is 5.26 Å². The fourth-order valence-electron chi connectivity index (χ4n) is 5.71. The molecule has 0 bridgehead atoms. The van der Waals surface area contributed by atoms with Gasteiger partial charge in [-0.05, 0) is 78.5 Å². The number of benzene rings is 1. The van der Waals surface area contributed by atoms with Gasteiger partial charge in [0.15, 0.2) is 0 Å². The highest BCUT2D eigenvalue weighted by atomic mass is 16.3. The molecule has 4 rings (SSSR count). The Hall–Kier alpha value is -1.53. The molecule has 3 aliphatic rings. The van der Waals surface area contributed by atoms with Crippen LogP contribution in [-0.4, -0.2) is 16.3 Å². The third kappa shape index (κ3) is 1.77. The zero-order valence-electron chi connectivity index (χ0n) is 13.0. The molecule has 2 fully saturated rings. The van der Waals surface area contributed by atoms with Gasteiger partial charge in [-0.3, -0.25) is 0 Å². The summed E-state index contributed by atoms with van der Waals surface area (Å²) < 4.78 is 0. The number of aliphatic hydroxyl groups is 1. The van der Waals surface area contributed by atoms with E-state index in [-0.39, 0.29) is 11.3 Å². The first-order chi connectivity index (χ1) is 10.5. The van der Waals surface area contributed by atoms with Gasteiger partial charge < -0.3 is 10.2 Å². The number of hydrogen-bond donors (Lipinski definition) is 2. The van der Waals surface area contributed by atoms with Crippen LogP contribution in [0.3, 0.4) is 0 Å². The van der Waals surface area contributed by atoms with E-state index in [9.17, 15) is 15.5 Å². The number of phenols is 1. The highest BCUT2D eigenvalue weighted by molar-refractivity contribution is 5.40. The smallest absolute Gasteiger partial charge is 0.115 e. The minimum absolute atomic E-state index is 0.0873. The van der Waals surface area contributed by atoms with Crippen molar-refractivity contribution in [1.82, 2.24) is 0 Å². The Labute approximate surface area is 131 Å². The van der Waals surface area contributed by atoms with E-state index < -0.39 is 6.10 Å². The van der Waals surface area contributed by atoms with Crippen LogP contribution in [0.25, 0.3) is 0 Å². The zero-order chi connectivity index (χ0) is 15.5. The third-order valence-electron chi connectivity index (χ3n) is 6.88. The second-order valence-corrected chi connectivity index (χ2v) is 7.76. The van der Waals surface area contributed by atoms with Crippen molar-refractivity contribution in [3.8, 4) is 11.8 Å². The molecule has 3 aliphatic carbocycles. The van der Waals surface area contributed by atoms with Crippen molar-refractivity contribution in [3.05, 3.63) is 29.3 Å². The summed E-state index contributed by atoms with van der Waals surface area (Å²) in [6.45, 7) is 2.20. The van der Waals surface area contributed by atoms with Gasteiger partial charge in [-0.15, -0.1) is 0 Å². The van der Waals surface area contributed by atoms with E-state index in [0.717, 1.165) is 32.1 Å². The summed E-state index contributed by atoms with van der Waals surface area (Å²) in [6.07, 6.45) is 4.59. The van der Waals surface area contributed by atoms with Crippen LogP contribution in [0.15, 0.2) is 18.2 Å². The second kappa shape index (κ2) is 4.73. The number of phenolic OH excluding ortho intramolecular Hbond substituents is 1. The van der Waals surface area contributed by atoms with Crippen molar-refractivity contribution in [2.24, 2.45) is 23.2 Å². The Balaban J connectivity index is 1.71. The number of rotatable bonds is 0. The van der Waals surface area contributed by atoms with Crippen molar-refractivity contribution in [1.29, 1.82) is 5.26 Å². The van der Waals surface area contributed by atoms with Crippen LogP contribution >= 0.6 is 0 Å². The molecule has 116 valence electrons. The van der Waals surface area contributed by atoms with Gasteiger partial charge in [0, 0.05) is 0 Å². The molecule has 0 heterocycles. The Morgan fingerprint density at radius 2 is 2.14 bits per heavy atom. The van der Waals surface area contributed by atoms with E-state index in [2.05, 4.69) is 19.1 Å². The molecule has 3 heteroatoms. The summed E-state index contributed by atoms with van der Waals surface area (Å²) >= 11 is 0. The van der Waals surface area contributed by atoms with Crippen LogP contribution in [0.1, 0.15) is 49.7 Å². The predicted molar refractivity (Wildman–Crippen MR) is 83.2 cm³/mol. The minimum Gasteiger partial charge on any atom is -0.508 e. The molecule has 0 spiro atoms. The number of aliphatic hydroxyl groups excluding tert-OH is 1. The standard InChI is InChI=1S/C19H23NO2/c1-19-7-6-15-14-5-3-13(21)8-11(14)2-4-16(15)17(19)9-12(10-20)18(19)22/h3,5,8,12,15-18,21-22H,2,4,6-7,9H2,1H3/t12-,15?,16?,17?,18+,19+/m1/s1. The molecule has 3 nitrogen and oxygen atoms in total. The average molecular weight is 297 g/mol. The number of aromatic hydroxyl groups is 1. The van der Waals surface area contributed by atoms with Crippen LogP contribution in [0.5, 0.6) is 5.75 Å². The highest BCUT2D eigenvalue weighted by Crippen LogP contribution is 2.62. The summed E-state index contributed by atoms with van der Waals surface area (Å²) in [7, 11) is 0. The molecule has 2 N–H and O–H groups in total. The van der Waals surface area contributed by atoms with Crippen LogP contribution < -0.4 is 0 Å². The predicted octanol–water partition coefficient (Wildman–Crippen LogP) is 3.36. The van der Waals surface area contributed by atoms with E-state index in [4.69, 9.17) is 0 Å². The van der Waals surface area contributed by atoms with E-state index in [1.54, 1.807) is 6.07 Å². The molecule has 0 radical (unpaired) electrons. The number of hydrogen-bond acceptors (Lipinski definition) is 3. The normalized spacial score (nSPS) is 42.9. The summed E-state index contributed by atoms with van der Waals surface area (Å²) in [5, 5.41) is 29.7. The van der Waals surface area contributed by atoms with E-state index in [1.165, 1.54) is 11.1 Å². The molecule has 22 heavy (non-hydrogen) atoms. The molecule has 1 aromatic rings. The lowest BCUT2D eigenvalue weighted by Gasteiger charge is -2.50. The quantitative estimate of drug-likeness (QED) is 0.771. The molecule has 3 unspecified atom stereocenters. The number of nitriles is 1. The van der Waals surface area contributed by atoms with E-state index in [1.807, 2.05) is 6.07 Å². The summed E-state index contributed by atoms with van der Waals surface area (Å²) in [4.78, 5) is 0. The lowest BCUT2D eigenvalue weighted by molar-refractivity contribution is -0.0280. The van der Waals surface area contributed by atoms with Crippen molar-refractivity contribution in [2.75, 3.05) is 0 Å². The van der Waals surface area contributed by atoms with Gasteiger partial charge in [0.25, 0.3) is 0 Å². The Morgan fingerprint density at radius 1 is 1.32 bits per heavy atom. The first-order valence-electron chi connectivity index (χ1n) is 8.44. The third-order valence-corrected chi connectivity index (χ3v) is 6.88. The molecule has 0 saturated heterocycles. The van der Waals surface area contributed by atoms with Gasteiger partial charge in [0.1, 0.15) is 5.75 Å². The Bertz CT molecular complexity index is 649. The zero-order valence-corrected chi connectivity index (χ0v) is 13.0. The molecule has 0 amide bonds. The van der Waals surface area contributed by atoms with Crippen LogP contribution in [0.4, 0.5) is 0 Å². The van der Waals surface area contributed by atoms with Crippen LogP contribution in [0, 0.1) is 34.5 Å². The first kappa shape index (κ1) is 14.1. The van der Waals surface area contributed by atoms with Crippen molar-refractivity contribution in [3.63, 3.8) is 0 Å². The van der Waals surface area contributed by atoms with Crippen molar-refractivity contribution >= 4 is 0 Å². The Morgan fingerprint density at radius 3 is 2.91 bits per heavy atom. The molecule has 0 aliphatic heterocycles. The largest absolute Gasteiger partial charge is 0.508 e. The fourth-order valence-corrected chi connectivity index (χ4v) is 5.71. The number of nitrogens with zero attached hydrogens (tertiary/aromatic N) is 1. The van der Waals surface area contributed by atoms with Crippen molar-refractivity contribution in [2.45, 2.75) is 51.0 Å². The summed E-state index contributed by atoms with van der Waals surface area (Å²) in [5.41, 5.74) is 2.60. The fraction of sp³-hybridized carbons (Fsp3) is 0.632. The summed E-state index contributed by atoms with van der Waals surface area (Å²) in [6, 6.07) is 8.15. The first-order valence-corrected chi connectivity index (χ1v) is 8.44. The van der Waals surface area contributed by atoms with Gasteiger partial charge in [0.05, 0.1) is 18.1 Å². The van der Waals surface area contributed by atoms with Crippen molar-refractivity contribution < 1.29 is 10.2 Å². The lowest BCUT2D eigenvalue weighted by atomic mass is 9.55. The van der Waals surface area contributed by atoms with Gasteiger partial charge >= 0.3 is 0 Å². The maximum absolute atomic E-state index is 10.6. The molecule has 6 atom stereocenters. The van der Waals surface area contributed by atoms with Gasteiger partial charge in [-0.1, -0.05) is 13.0 Å². The monoisotopic (exact) mass is 297 g/mol. The highest BCUT2D eigenvalue weighted by Gasteiger charge is 2.58. The average Bonchev–Trinajstić information content (AvgIpc) is 2.78. The van der Waals surface area contributed by atoms with E-state index in [0.29, 0.717) is 23.5 Å². The molecule has 0 aromatic heterocycles. The minimum atomic E-state index is -0.468. The Kier molecular flexibility index (Phi) is 3.03. The van der Waals surface area contributed by atoms with Gasteiger partial charge in [-0.25, -0.2) is 0 Å². The van der Waals surface area contributed by atoms with Gasteiger partial charge in [0.2, 0.25) is 0 Å². The molecular weight excluding hydrogens is 274 g/mol. The second-order valence-electron chi connectivity index (χ2n) is 7.76. The lowest BCUT2D eigenvalue weighted by Crippen LogP contribution is -2.44. The molecular formula is C19H23NO2. The maximum atomic E-state index is 10.6. The topological polar surface area (TPSA) is 64.2 Å². The van der Waals surface area contributed by atoms with Crippen LogP contribution in [0.2, 0.25) is 0 Å². The SMILES string of the molecule is C[C@]12CCC3c4ccc(O)cc4CCC3C1C[C@H](C#N)[C@@H]2O. The molecule has 2 saturated carbocycles.